The highest BCUT2D eigenvalue weighted by Gasteiger charge is 2.23. The first-order valence-electron chi connectivity index (χ1n) is 7.05. The minimum atomic E-state index is -3.69. The number of nitrogens with two attached hydrogens (primary N) is 1. The first kappa shape index (κ1) is 17.8. The van der Waals surface area contributed by atoms with Crippen LogP contribution in [-0.2, 0) is 14.8 Å². The summed E-state index contributed by atoms with van der Waals surface area (Å²) in [7, 11) is -3.69. The largest absolute Gasteiger partial charge is 0.457 e. The van der Waals surface area contributed by atoms with E-state index >= 15 is 0 Å². The van der Waals surface area contributed by atoms with E-state index in [1.165, 1.54) is 12.1 Å². The molecule has 0 heterocycles. The van der Waals surface area contributed by atoms with Crippen LogP contribution in [0.3, 0.4) is 0 Å². The van der Waals surface area contributed by atoms with Gasteiger partial charge in [0.15, 0.2) is 6.10 Å². The highest BCUT2D eigenvalue weighted by Crippen LogP contribution is 2.25. The number of sulfonamides is 1. The average Bonchev–Trinajstić information content (AvgIpc) is 2.53. The topological polar surface area (TPSA) is 110 Å². The molecule has 0 spiro atoms. The SMILES string of the molecule is CS(=O)(=O)N(C[C@@H](O)C(N)=O)c1ccc(Oc2ccccc2)cc1. The fourth-order valence-electron chi connectivity index (χ4n) is 1.98. The molecule has 0 aliphatic heterocycles. The number of benzene rings is 2. The number of carbonyl (C=O) groups is 1. The summed E-state index contributed by atoms with van der Waals surface area (Å²) in [6.45, 7) is -0.451. The van der Waals surface area contributed by atoms with Gasteiger partial charge in [-0.3, -0.25) is 9.10 Å². The first-order valence-corrected chi connectivity index (χ1v) is 8.90. The molecule has 128 valence electrons. The van der Waals surface area contributed by atoms with E-state index in [1.807, 2.05) is 18.2 Å². The van der Waals surface area contributed by atoms with Crippen molar-refractivity contribution in [2.45, 2.75) is 6.10 Å². The Morgan fingerprint density at radius 2 is 1.67 bits per heavy atom. The van der Waals surface area contributed by atoms with Crippen LogP contribution in [0.15, 0.2) is 54.6 Å². The molecule has 2 rings (SSSR count). The van der Waals surface area contributed by atoms with Crippen molar-refractivity contribution >= 4 is 21.6 Å². The number of hydrogen-bond donors (Lipinski definition) is 2. The van der Waals surface area contributed by atoms with Crippen molar-refractivity contribution in [1.29, 1.82) is 0 Å². The zero-order valence-corrected chi connectivity index (χ0v) is 13.8. The van der Waals surface area contributed by atoms with E-state index in [-0.39, 0.29) is 0 Å². The molecule has 0 radical (unpaired) electrons. The molecule has 0 aliphatic carbocycles. The second-order valence-corrected chi connectivity index (χ2v) is 7.03. The molecule has 2 aromatic rings. The molecule has 3 N–H and O–H groups in total. The molecule has 2 aromatic carbocycles. The molecule has 0 fully saturated rings. The minimum absolute atomic E-state index is 0.290. The van der Waals surface area contributed by atoms with E-state index in [9.17, 15) is 18.3 Å². The summed E-state index contributed by atoms with van der Waals surface area (Å²) >= 11 is 0. The number of anilines is 1. The van der Waals surface area contributed by atoms with Crippen molar-refractivity contribution in [1.82, 2.24) is 0 Å². The van der Waals surface area contributed by atoms with Crippen molar-refractivity contribution in [3.05, 3.63) is 54.6 Å². The van der Waals surface area contributed by atoms with Crippen LogP contribution in [0.5, 0.6) is 11.5 Å². The molecule has 8 heteroatoms. The van der Waals surface area contributed by atoms with Crippen LogP contribution in [0, 0.1) is 0 Å². The van der Waals surface area contributed by atoms with Gasteiger partial charge in [0.05, 0.1) is 18.5 Å². The lowest BCUT2D eigenvalue weighted by Gasteiger charge is -2.24. The Morgan fingerprint density at radius 3 is 2.17 bits per heavy atom. The van der Waals surface area contributed by atoms with Crippen LogP contribution in [0.4, 0.5) is 5.69 Å². The third kappa shape index (κ3) is 4.71. The zero-order valence-electron chi connectivity index (χ0n) is 13.0. The summed E-state index contributed by atoms with van der Waals surface area (Å²) in [4.78, 5) is 11.0. The van der Waals surface area contributed by atoms with Crippen molar-refractivity contribution in [2.24, 2.45) is 5.73 Å². The van der Waals surface area contributed by atoms with Crippen LogP contribution >= 0.6 is 0 Å². The molecule has 24 heavy (non-hydrogen) atoms. The van der Waals surface area contributed by atoms with E-state index in [2.05, 4.69) is 0 Å². The van der Waals surface area contributed by atoms with Gasteiger partial charge >= 0.3 is 0 Å². The fourth-order valence-corrected chi connectivity index (χ4v) is 2.90. The molecule has 1 amide bonds. The number of aliphatic hydroxyl groups is 1. The molecule has 7 nitrogen and oxygen atoms in total. The van der Waals surface area contributed by atoms with E-state index in [1.54, 1.807) is 24.3 Å². The number of amides is 1. The highest BCUT2D eigenvalue weighted by molar-refractivity contribution is 7.92. The molecular formula is C16H18N2O5S. The van der Waals surface area contributed by atoms with Crippen LogP contribution in [0.1, 0.15) is 0 Å². The van der Waals surface area contributed by atoms with Gasteiger partial charge in [-0.05, 0) is 36.4 Å². The predicted octanol–water partition coefficient (Wildman–Crippen LogP) is 1.09. The summed E-state index contributed by atoms with van der Waals surface area (Å²) in [5.74, 6) is 0.177. The van der Waals surface area contributed by atoms with Crippen LogP contribution in [0.25, 0.3) is 0 Å². The normalized spacial score (nSPS) is 12.4. The Bertz CT molecular complexity index is 791. The maximum Gasteiger partial charge on any atom is 0.248 e. The Hall–Kier alpha value is -2.58. The van der Waals surface area contributed by atoms with E-state index < -0.39 is 28.6 Å². The highest BCUT2D eigenvalue weighted by atomic mass is 32.2. The molecule has 0 aromatic heterocycles. The molecule has 0 aliphatic rings. The number of hydrogen-bond acceptors (Lipinski definition) is 5. The molecule has 1 atom stereocenters. The maximum atomic E-state index is 11.9. The molecule has 0 saturated carbocycles. The molecule has 0 saturated heterocycles. The number of rotatable bonds is 7. The predicted molar refractivity (Wildman–Crippen MR) is 90.3 cm³/mol. The Kier molecular flexibility index (Phi) is 5.42. The lowest BCUT2D eigenvalue weighted by molar-refractivity contribution is -0.125. The standard InChI is InChI=1S/C16H18N2O5S/c1-24(21,22)18(11-15(19)16(17)20)12-7-9-14(10-8-12)23-13-5-3-2-4-6-13/h2-10,15,19H,11H2,1H3,(H2,17,20)/t15-/m1/s1. The second-order valence-electron chi connectivity index (χ2n) is 5.12. The number of nitrogens with zero attached hydrogens (tertiary/aromatic N) is 1. The zero-order chi connectivity index (χ0) is 17.7. The van der Waals surface area contributed by atoms with Gasteiger partial charge in [-0.25, -0.2) is 8.42 Å². The fraction of sp³-hybridized carbons (Fsp3) is 0.188. The lowest BCUT2D eigenvalue weighted by atomic mass is 10.2. The van der Waals surface area contributed by atoms with Gasteiger partial charge in [0.25, 0.3) is 0 Å². The van der Waals surface area contributed by atoms with Gasteiger partial charge in [-0.2, -0.15) is 0 Å². The van der Waals surface area contributed by atoms with Crippen molar-refractivity contribution < 1.29 is 23.1 Å². The van der Waals surface area contributed by atoms with E-state index in [4.69, 9.17) is 10.5 Å². The number of aliphatic hydroxyl groups excluding tert-OH is 1. The molecule has 0 unspecified atom stereocenters. The second kappa shape index (κ2) is 7.33. The van der Waals surface area contributed by atoms with Gasteiger partial charge in [0.1, 0.15) is 11.5 Å². The Labute approximate surface area is 140 Å². The van der Waals surface area contributed by atoms with E-state index in [0.717, 1.165) is 10.6 Å². The van der Waals surface area contributed by atoms with Gasteiger partial charge < -0.3 is 15.6 Å². The van der Waals surface area contributed by atoms with Crippen LogP contribution < -0.4 is 14.8 Å². The summed E-state index contributed by atoms with van der Waals surface area (Å²) in [5, 5.41) is 9.57. The van der Waals surface area contributed by atoms with Crippen molar-refractivity contribution in [2.75, 3.05) is 17.1 Å². The van der Waals surface area contributed by atoms with Crippen molar-refractivity contribution in [3.63, 3.8) is 0 Å². The van der Waals surface area contributed by atoms with Gasteiger partial charge in [0.2, 0.25) is 15.9 Å². The Morgan fingerprint density at radius 1 is 1.12 bits per heavy atom. The summed E-state index contributed by atoms with van der Waals surface area (Å²) < 4.78 is 30.3. The number of primary amides is 1. The number of para-hydroxylation sites is 1. The summed E-state index contributed by atoms with van der Waals surface area (Å²) in [5.41, 5.74) is 5.28. The van der Waals surface area contributed by atoms with Crippen molar-refractivity contribution in [3.8, 4) is 11.5 Å². The van der Waals surface area contributed by atoms with E-state index in [0.29, 0.717) is 17.2 Å². The Balaban J connectivity index is 2.20. The van der Waals surface area contributed by atoms with Gasteiger partial charge in [-0.1, -0.05) is 18.2 Å². The monoisotopic (exact) mass is 350 g/mol. The quantitative estimate of drug-likeness (QED) is 0.777. The third-order valence-corrected chi connectivity index (χ3v) is 4.33. The van der Waals surface area contributed by atoms with Crippen LogP contribution in [-0.4, -0.2) is 38.3 Å². The number of carbonyl (C=O) groups excluding carboxylic acids is 1. The summed E-state index contributed by atoms with van der Waals surface area (Å²) in [6, 6.07) is 15.3. The van der Waals surface area contributed by atoms with Gasteiger partial charge in [-0.15, -0.1) is 0 Å². The smallest absolute Gasteiger partial charge is 0.248 e. The summed E-state index contributed by atoms with van der Waals surface area (Å²) in [6.07, 6.45) is -0.616. The lowest BCUT2D eigenvalue weighted by Crippen LogP contribution is -2.42. The molecule has 0 bridgehead atoms. The maximum absolute atomic E-state index is 11.9. The van der Waals surface area contributed by atoms with Gasteiger partial charge in [0, 0.05) is 0 Å². The third-order valence-electron chi connectivity index (χ3n) is 3.17. The minimum Gasteiger partial charge on any atom is -0.457 e. The number of ether oxygens (including phenoxy) is 1. The van der Waals surface area contributed by atoms with Crippen LogP contribution in [0.2, 0.25) is 0 Å². The average molecular weight is 350 g/mol. The molecular weight excluding hydrogens is 332 g/mol. The first-order chi connectivity index (χ1) is 11.3.